The van der Waals surface area contributed by atoms with Crippen LogP contribution in [0, 0.1) is 6.92 Å². The number of aromatic amines is 1. The summed E-state index contributed by atoms with van der Waals surface area (Å²) >= 11 is 0. The van der Waals surface area contributed by atoms with Crippen LogP contribution < -0.4 is 0 Å². The average molecular weight is 270 g/mol. The molecule has 3 aromatic rings. The fourth-order valence-electron chi connectivity index (χ4n) is 2.38. The standard InChI is InChI=1S/C15H14N2O3/c1-9-15(11-4-2-3-5-12(11)16-9)13-8-10(17-20-13)6-7-14(18)19/h2-5,8,16H,6-7H2,1H3,(H,18,19). The SMILES string of the molecule is Cc1[nH]c2ccccc2c1-c1cc(CCC(=O)O)no1. The number of nitrogens with one attached hydrogen (secondary N) is 1. The maximum Gasteiger partial charge on any atom is 0.303 e. The number of carbonyl (C=O) groups is 1. The first kappa shape index (κ1) is 12.5. The molecule has 2 heterocycles. The van der Waals surface area contributed by atoms with Gasteiger partial charge in [-0.2, -0.15) is 0 Å². The van der Waals surface area contributed by atoms with E-state index in [-0.39, 0.29) is 6.42 Å². The third kappa shape index (κ3) is 2.18. The number of fused-ring (bicyclic) bond motifs is 1. The first-order chi connectivity index (χ1) is 9.65. The highest BCUT2D eigenvalue weighted by Crippen LogP contribution is 2.32. The van der Waals surface area contributed by atoms with E-state index < -0.39 is 5.97 Å². The maximum atomic E-state index is 10.6. The van der Waals surface area contributed by atoms with Crippen LogP contribution in [-0.4, -0.2) is 21.2 Å². The summed E-state index contributed by atoms with van der Waals surface area (Å²) in [6.45, 7) is 1.98. The van der Waals surface area contributed by atoms with Crippen molar-refractivity contribution in [2.75, 3.05) is 0 Å². The minimum Gasteiger partial charge on any atom is -0.481 e. The van der Waals surface area contributed by atoms with E-state index in [1.807, 2.05) is 37.3 Å². The zero-order valence-corrected chi connectivity index (χ0v) is 11.0. The molecule has 20 heavy (non-hydrogen) atoms. The van der Waals surface area contributed by atoms with Gasteiger partial charge in [0.1, 0.15) is 0 Å². The molecule has 0 aliphatic carbocycles. The van der Waals surface area contributed by atoms with Gasteiger partial charge < -0.3 is 14.6 Å². The summed E-state index contributed by atoms with van der Waals surface area (Å²) in [7, 11) is 0. The highest BCUT2D eigenvalue weighted by molar-refractivity contribution is 5.96. The van der Waals surface area contributed by atoms with Gasteiger partial charge in [0, 0.05) is 34.6 Å². The Morgan fingerprint density at radius 3 is 3.00 bits per heavy atom. The fourth-order valence-corrected chi connectivity index (χ4v) is 2.38. The van der Waals surface area contributed by atoms with Gasteiger partial charge in [0.15, 0.2) is 5.76 Å². The highest BCUT2D eigenvalue weighted by Gasteiger charge is 2.15. The summed E-state index contributed by atoms with van der Waals surface area (Å²) < 4.78 is 5.37. The lowest BCUT2D eigenvalue weighted by atomic mass is 10.1. The van der Waals surface area contributed by atoms with Gasteiger partial charge in [0.05, 0.1) is 12.1 Å². The number of nitrogens with zero attached hydrogens (tertiary/aromatic N) is 1. The van der Waals surface area contributed by atoms with Crippen molar-refractivity contribution < 1.29 is 14.4 Å². The van der Waals surface area contributed by atoms with Crippen molar-refractivity contribution in [1.29, 1.82) is 0 Å². The number of para-hydroxylation sites is 1. The van der Waals surface area contributed by atoms with E-state index in [9.17, 15) is 4.79 Å². The summed E-state index contributed by atoms with van der Waals surface area (Å²) in [5.74, 6) is -0.168. The molecule has 0 fully saturated rings. The van der Waals surface area contributed by atoms with Crippen molar-refractivity contribution in [1.82, 2.24) is 10.1 Å². The Kier molecular flexibility index (Phi) is 3.02. The number of hydrogen-bond acceptors (Lipinski definition) is 3. The molecule has 0 radical (unpaired) electrons. The summed E-state index contributed by atoms with van der Waals surface area (Å²) in [5.41, 5.74) is 3.69. The molecular formula is C15H14N2O3. The second-order valence-corrected chi connectivity index (χ2v) is 4.75. The van der Waals surface area contributed by atoms with Crippen LogP contribution in [0.5, 0.6) is 0 Å². The molecular weight excluding hydrogens is 256 g/mol. The van der Waals surface area contributed by atoms with Crippen LogP contribution in [0.1, 0.15) is 17.8 Å². The van der Waals surface area contributed by atoms with Gasteiger partial charge in [-0.1, -0.05) is 23.4 Å². The van der Waals surface area contributed by atoms with Crippen LogP contribution in [0.25, 0.3) is 22.2 Å². The minimum absolute atomic E-state index is 0.0544. The van der Waals surface area contributed by atoms with E-state index in [0.717, 1.165) is 22.2 Å². The normalized spacial score (nSPS) is 11.1. The monoisotopic (exact) mass is 270 g/mol. The Labute approximate surface area is 115 Å². The third-order valence-corrected chi connectivity index (χ3v) is 3.29. The van der Waals surface area contributed by atoms with E-state index in [1.165, 1.54) is 0 Å². The molecule has 0 bridgehead atoms. The van der Waals surface area contributed by atoms with Crippen LogP contribution in [0.4, 0.5) is 0 Å². The van der Waals surface area contributed by atoms with Gasteiger partial charge in [0.2, 0.25) is 0 Å². The van der Waals surface area contributed by atoms with Gasteiger partial charge >= 0.3 is 5.97 Å². The van der Waals surface area contributed by atoms with E-state index in [2.05, 4.69) is 10.1 Å². The summed E-state index contributed by atoms with van der Waals surface area (Å²) in [6, 6.07) is 9.79. The number of hydrogen-bond donors (Lipinski definition) is 2. The fraction of sp³-hybridized carbons (Fsp3) is 0.200. The molecule has 0 saturated carbocycles. The van der Waals surface area contributed by atoms with Crippen molar-refractivity contribution in [3.63, 3.8) is 0 Å². The molecule has 0 saturated heterocycles. The van der Waals surface area contributed by atoms with Crippen LogP contribution in [-0.2, 0) is 11.2 Å². The quantitative estimate of drug-likeness (QED) is 0.763. The lowest BCUT2D eigenvalue weighted by Crippen LogP contribution is -1.97. The molecule has 1 aromatic carbocycles. The number of carboxylic acids is 1. The molecule has 0 spiro atoms. The molecule has 5 nitrogen and oxygen atoms in total. The van der Waals surface area contributed by atoms with E-state index in [1.54, 1.807) is 0 Å². The molecule has 0 atom stereocenters. The molecule has 0 unspecified atom stereocenters. The summed E-state index contributed by atoms with van der Waals surface area (Å²) in [4.78, 5) is 13.9. The smallest absolute Gasteiger partial charge is 0.303 e. The topological polar surface area (TPSA) is 79.1 Å². The van der Waals surface area contributed by atoms with Gasteiger partial charge in [-0.15, -0.1) is 0 Å². The third-order valence-electron chi connectivity index (χ3n) is 3.29. The van der Waals surface area contributed by atoms with Gasteiger partial charge in [-0.25, -0.2) is 0 Å². The number of aliphatic carboxylic acids is 1. The van der Waals surface area contributed by atoms with Crippen molar-refractivity contribution in [2.45, 2.75) is 19.8 Å². The molecule has 5 heteroatoms. The second-order valence-electron chi connectivity index (χ2n) is 4.75. The number of carboxylic acid groups (broad SMARTS) is 1. The number of aryl methyl sites for hydroxylation is 2. The predicted molar refractivity (Wildman–Crippen MR) is 74.5 cm³/mol. The summed E-state index contributed by atoms with van der Waals surface area (Å²) in [6.07, 6.45) is 0.430. The van der Waals surface area contributed by atoms with Crippen molar-refractivity contribution in [2.24, 2.45) is 0 Å². The number of aromatic nitrogens is 2. The largest absolute Gasteiger partial charge is 0.481 e. The van der Waals surface area contributed by atoms with E-state index in [4.69, 9.17) is 9.63 Å². The average Bonchev–Trinajstić information content (AvgIpc) is 2.99. The molecule has 0 amide bonds. The Bertz CT molecular complexity index is 770. The minimum atomic E-state index is -0.835. The maximum absolute atomic E-state index is 10.6. The number of rotatable bonds is 4. The lowest BCUT2D eigenvalue weighted by Gasteiger charge is -1.94. The van der Waals surface area contributed by atoms with Crippen molar-refractivity contribution in [3.8, 4) is 11.3 Å². The second kappa shape index (κ2) is 4.85. The molecule has 0 aliphatic heterocycles. The van der Waals surface area contributed by atoms with Crippen LogP contribution in [0.2, 0.25) is 0 Å². The first-order valence-corrected chi connectivity index (χ1v) is 6.40. The molecule has 2 N–H and O–H groups in total. The van der Waals surface area contributed by atoms with Gasteiger partial charge in [0.25, 0.3) is 0 Å². The Morgan fingerprint density at radius 1 is 1.40 bits per heavy atom. The van der Waals surface area contributed by atoms with Crippen LogP contribution in [0.15, 0.2) is 34.9 Å². The molecule has 3 rings (SSSR count). The highest BCUT2D eigenvalue weighted by atomic mass is 16.5. The van der Waals surface area contributed by atoms with E-state index >= 15 is 0 Å². The van der Waals surface area contributed by atoms with Gasteiger partial charge in [-0.3, -0.25) is 4.79 Å². The number of benzene rings is 1. The molecule has 0 aliphatic rings. The van der Waals surface area contributed by atoms with Crippen LogP contribution in [0.3, 0.4) is 0 Å². The van der Waals surface area contributed by atoms with Gasteiger partial charge in [-0.05, 0) is 13.0 Å². The molecule has 102 valence electrons. The van der Waals surface area contributed by atoms with Crippen LogP contribution >= 0.6 is 0 Å². The Hall–Kier alpha value is -2.56. The zero-order valence-electron chi connectivity index (χ0n) is 11.0. The first-order valence-electron chi connectivity index (χ1n) is 6.40. The predicted octanol–water partition coefficient (Wildman–Crippen LogP) is 3.15. The van der Waals surface area contributed by atoms with Crippen molar-refractivity contribution in [3.05, 3.63) is 41.7 Å². The van der Waals surface area contributed by atoms with Crippen molar-refractivity contribution >= 4 is 16.9 Å². The molecule has 2 aromatic heterocycles. The Balaban J connectivity index is 1.99. The Morgan fingerprint density at radius 2 is 2.20 bits per heavy atom. The summed E-state index contributed by atoms with van der Waals surface area (Å²) in [5, 5.41) is 13.7. The van der Waals surface area contributed by atoms with E-state index in [0.29, 0.717) is 17.9 Å². The number of H-pyrrole nitrogens is 1. The zero-order chi connectivity index (χ0) is 14.1. The lowest BCUT2D eigenvalue weighted by molar-refractivity contribution is -0.136.